The minimum Gasteiger partial charge on any atom is -0.495 e. The maximum Gasteiger partial charge on any atom is 0.412 e. The number of esters is 1. The number of hydrogen-bond donors (Lipinski definition) is 5. The average Bonchev–Trinajstić information content (AvgIpc) is 4.06. The highest BCUT2D eigenvalue weighted by atomic mass is 35.5. The van der Waals surface area contributed by atoms with Crippen LogP contribution < -0.4 is 31.3 Å². The van der Waals surface area contributed by atoms with Crippen molar-refractivity contribution >= 4 is 76.3 Å². The lowest BCUT2D eigenvalue weighted by Crippen LogP contribution is -2.53. The third kappa shape index (κ3) is 16.8. The average molecular weight is 1150 g/mol. The second kappa shape index (κ2) is 28.2. The maximum absolute atomic E-state index is 14.4. The molecule has 0 saturated carbocycles. The molecule has 4 aliphatic heterocycles. The summed E-state index contributed by atoms with van der Waals surface area (Å²) in [5.74, 6) is -4.01. The molecule has 21 nitrogen and oxygen atoms in total. The summed E-state index contributed by atoms with van der Waals surface area (Å²) in [6.07, 6.45) is 4.99. The Hall–Kier alpha value is -6.94. The van der Waals surface area contributed by atoms with Crippen molar-refractivity contribution in [1.29, 1.82) is 0 Å². The van der Waals surface area contributed by atoms with Crippen LogP contribution in [0.4, 0.5) is 21.0 Å². The number of carbonyl (C=O) groups excluding carboxylic acids is 9. The van der Waals surface area contributed by atoms with Gasteiger partial charge in [-0.3, -0.25) is 43.8 Å². The minimum atomic E-state index is -1.64. The molecule has 2 saturated heterocycles. The predicted octanol–water partition coefficient (Wildman–Crippen LogP) is 6.38. The van der Waals surface area contributed by atoms with Gasteiger partial charge < -0.3 is 50.1 Å². The predicted molar refractivity (Wildman–Crippen MR) is 300 cm³/mol. The lowest BCUT2D eigenvalue weighted by Gasteiger charge is -2.41. The number of imide groups is 1. The van der Waals surface area contributed by atoms with Crippen LogP contribution in [0.3, 0.4) is 0 Å². The number of allylic oxidation sites excluding steroid dienone is 3. The van der Waals surface area contributed by atoms with Gasteiger partial charge in [0.05, 0.1) is 37.8 Å². The van der Waals surface area contributed by atoms with E-state index >= 15 is 0 Å². The first kappa shape index (κ1) is 63.2. The number of unbranched alkanes of at least 4 members (excludes halogenated alkanes) is 2. The molecule has 81 heavy (non-hydrogen) atoms. The number of nitrogens with two attached hydrogens (primary N) is 1. The summed E-state index contributed by atoms with van der Waals surface area (Å²) < 4.78 is 29.6. The zero-order chi connectivity index (χ0) is 59.3. The van der Waals surface area contributed by atoms with Gasteiger partial charge in [0, 0.05) is 82.6 Å². The number of methoxy groups -OCH3 is 2. The molecule has 2 aromatic rings. The van der Waals surface area contributed by atoms with Gasteiger partial charge in [0.15, 0.2) is 5.78 Å². The number of carbonyl (C=O) groups is 9. The molecular weight excluding hydrogens is 1070 g/mol. The molecule has 0 spiro atoms. The van der Waals surface area contributed by atoms with Crippen molar-refractivity contribution < 1.29 is 71.9 Å². The second-order valence-corrected chi connectivity index (χ2v) is 22.4. The van der Waals surface area contributed by atoms with Crippen LogP contribution >= 0.6 is 11.6 Å². The first-order valence-electron chi connectivity index (χ1n) is 27.4. The number of halogens is 1. The number of fused-ring (bicyclic) bond motifs is 5. The van der Waals surface area contributed by atoms with Gasteiger partial charge in [-0.15, -0.1) is 0 Å². The number of primary amides is 1. The molecule has 2 aromatic carbocycles. The zero-order valence-electron chi connectivity index (χ0n) is 47.4. The third-order valence-electron chi connectivity index (χ3n) is 15.5. The lowest BCUT2D eigenvalue weighted by molar-refractivity contribution is -0.187. The van der Waals surface area contributed by atoms with Gasteiger partial charge in [0.2, 0.25) is 11.8 Å². The molecule has 6 rings (SSSR count). The number of nitrogens with one attached hydrogen (secondary N) is 3. The summed E-state index contributed by atoms with van der Waals surface area (Å²) in [7, 11) is 4.47. The fourth-order valence-electron chi connectivity index (χ4n) is 10.7. The normalized spacial score (nSPS) is 25.7. The van der Waals surface area contributed by atoms with Gasteiger partial charge in [-0.05, 0) is 87.3 Å². The summed E-state index contributed by atoms with van der Waals surface area (Å²) in [6, 6.07) is 8.17. The van der Waals surface area contributed by atoms with Crippen LogP contribution in [0, 0.1) is 17.8 Å². The van der Waals surface area contributed by atoms with Gasteiger partial charge in [0.25, 0.3) is 11.8 Å². The van der Waals surface area contributed by atoms with E-state index in [-0.39, 0.29) is 98.0 Å². The van der Waals surface area contributed by atoms with Gasteiger partial charge >= 0.3 is 18.1 Å². The molecule has 4 heterocycles. The molecule has 0 unspecified atom stereocenters. The van der Waals surface area contributed by atoms with Crippen molar-refractivity contribution in [3.05, 3.63) is 88.5 Å². The second-order valence-electron chi connectivity index (χ2n) is 22.0. The number of Topliss-reactive ketones (excluding diaryl/α,β-unsaturated/α-hetero) is 2. The Balaban J connectivity index is 1.14. The molecule has 9 atom stereocenters. The first-order chi connectivity index (χ1) is 38.4. The molecule has 2 fully saturated rings. The van der Waals surface area contributed by atoms with E-state index in [1.165, 1.54) is 31.3 Å². The highest BCUT2D eigenvalue weighted by molar-refractivity contribution is 6.35. The van der Waals surface area contributed by atoms with Crippen LogP contribution in [-0.2, 0) is 65.4 Å². The Kier molecular flexibility index (Phi) is 22.0. The SMILES string of the molecule is COc1cc2cc(c1Cl)N(C)C(=O)C[C@H](OC(=O)Nc1ccc(CC(=O)[C@H](CCCNC(N)=O)NC(=O)[C@@H](CC(=O)CCCCCN3C(=O)C=CC3=O)C(C)C)cc1)[C@]1(C)O[C@H]1[C@H](C)[C@@H]1C[C@@](O)(CC(=O)O1)[C@H](OC)/C=C/C=C(\C)C2. The van der Waals surface area contributed by atoms with E-state index in [4.69, 9.17) is 41.0 Å². The van der Waals surface area contributed by atoms with Crippen LogP contribution in [-0.4, -0.2) is 139 Å². The molecule has 0 aliphatic carbocycles. The van der Waals surface area contributed by atoms with E-state index in [1.54, 1.807) is 69.4 Å². The first-order valence-corrected chi connectivity index (χ1v) is 27.8. The largest absolute Gasteiger partial charge is 0.495 e. The number of anilines is 2. The molecule has 7 amide bonds. The molecule has 0 radical (unpaired) electrons. The molecule has 4 bridgehead atoms. The lowest BCUT2D eigenvalue weighted by atomic mass is 9.78. The highest BCUT2D eigenvalue weighted by Gasteiger charge is 2.64. The number of ketones is 2. The summed E-state index contributed by atoms with van der Waals surface area (Å²) in [4.78, 5) is 120. The van der Waals surface area contributed by atoms with Crippen molar-refractivity contribution in [2.24, 2.45) is 23.5 Å². The van der Waals surface area contributed by atoms with Gasteiger partial charge in [-0.1, -0.05) is 74.7 Å². The summed E-state index contributed by atoms with van der Waals surface area (Å²) in [5, 5.41) is 20.2. The Bertz CT molecular complexity index is 2760. The number of ether oxygens (including phenoxy) is 5. The Morgan fingerprint density at radius 1 is 0.988 bits per heavy atom. The van der Waals surface area contributed by atoms with Crippen LogP contribution in [0.25, 0.3) is 0 Å². The monoisotopic (exact) mass is 1140 g/mol. The minimum absolute atomic E-state index is 0.00375. The van der Waals surface area contributed by atoms with Gasteiger partial charge in [-0.25, -0.2) is 9.59 Å². The number of amides is 7. The number of rotatable bonds is 22. The fraction of sp³-hybridized carbons (Fsp3) is 0.542. The van der Waals surface area contributed by atoms with Gasteiger partial charge in [0.1, 0.15) is 46.1 Å². The van der Waals surface area contributed by atoms with E-state index in [9.17, 15) is 48.3 Å². The van der Waals surface area contributed by atoms with Crippen LogP contribution in [0.2, 0.25) is 5.02 Å². The summed E-state index contributed by atoms with van der Waals surface area (Å²) in [5.41, 5.74) is 5.17. The number of benzene rings is 2. The van der Waals surface area contributed by atoms with E-state index in [0.717, 1.165) is 16.0 Å². The van der Waals surface area contributed by atoms with Crippen molar-refractivity contribution in [3.63, 3.8) is 0 Å². The Labute approximate surface area is 477 Å². The summed E-state index contributed by atoms with van der Waals surface area (Å²) >= 11 is 6.84. The van der Waals surface area contributed by atoms with Crippen LogP contribution in [0.1, 0.15) is 110 Å². The van der Waals surface area contributed by atoms with E-state index in [0.29, 0.717) is 49.1 Å². The van der Waals surface area contributed by atoms with Crippen molar-refractivity contribution in [1.82, 2.24) is 15.5 Å². The number of hydrogen-bond acceptors (Lipinski definition) is 15. The Morgan fingerprint density at radius 3 is 2.35 bits per heavy atom. The quantitative estimate of drug-likeness (QED) is 0.0370. The van der Waals surface area contributed by atoms with Gasteiger partial charge in [-0.2, -0.15) is 0 Å². The van der Waals surface area contributed by atoms with E-state index in [2.05, 4.69) is 16.0 Å². The zero-order valence-corrected chi connectivity index (χ0v) is 48.1. The van der Waals surface area contributed by atoms with Crippen molar-refractivity contribution in [3.8, 4) is 5.75 Å². The smallest absolute Gasteiger partial charge is 0.412 e. The molecule has 4 aliphatic rings. The standard InChI is InChI=1S/C59H77ClN6O15/c1-34(2)41(30-40(67)15-10-9-11-25-66-49(69)22-23-50(66)70)55(73)64-42(16-13-24-62-56(61)74)44(68)28-37-18-20-39(21-19-37)63-57(75)80-48-31-51(71)65(6)43-27-38(29-45(77-7)53(43)60)26-35(3)14-12-17-47(78-8)59(76)32-46(79-52(72)33-59)36(4)54-58(48,5)81-54/h12,14,17-23,27,29,34,36,41-42,46-48,54,76H,9-11,13,15-16,24-26,28,30-33H2,1-8H3,(H,63,75)(H,64,73)(H3,61,62,74)/b17-12+,35-14+/t36-,41+,42+,46+,47-,48+,54+,58+,59-/m1/s1. The molecular formula is C59H77ClN6O15. The van der Waals surface area contributed by atoms with E-state index in [1.807, 2.05) is 26.8 Å². The van der Waals surface area contributed by atoms with Crippen molar-refractivity contribution in [2.45, 2.75) is 153 Å². The Morgan fingerprint density at radius 2 is 1.69 bits per heavy atom. The molecule has 0 aromatic heterocycles. The molecule has 22 heteroatoms. The number of nitrogens with zero attached hydrogens (tertiary/aromatic N) is 2. The number of urea groups is 1. The summed E-state index contributed by atoms with van der Waals surface area (Å²) in [6.45, 7) is 9.43. The fourth-order valence-corrected chi connectivity index (χ4v) is 11.0. The maximum atomic E-state index is 14.4. The van der Waals surface area contributed by atoms with Crippen LogP contribution in [0.15, 0.2) is 72.4 Å². The topological polar surface area (TPSA) is 292 Å². The number of aliphatic hydroxyl groups is 1. The molecule has 6 N–H and O–H groups in total. The highest BCUT2D eigenvalue weighted by Crippen LogP contribution is 2.50. The van der Waals surface area contributed by atoms with E-state index < -0.39 is 83.4 Å². The molecule has 440 valence electrons. The number of epoxide rings is 1. The van der Waals surface area contributed by atoms with Crippen LogP contribution in [0.5, 0.6) is 5.75 Å². The third-order valence-corrected chi connectivity index (χ3v) is 15.9. The van der Waals surface area contributed by atoms with Crippen molar-refractivity contribution in [2.75, 3.05) is 44.6 Å².